The number of nitrogens with one attached hydrogen (secondary N) is 1. The minimum Gasteiger partial charge on any atom is -0.479 e. The lowest BCUT2D eigenvalue weighted by molar-refractivity contribution is -0.127. The van der Waals surface area contributed by atoms with E-state index in [0.717, 1.165) is 15.6 Å². The van der Waals surface area contributed by atoms with Gasteiger partial charge in [0, 0.05) is 9.90 Å². The molecule has 0 radical (unpaired) electrons. The van der Waals surface area contributed by atoms with Gasteiger partial charge in [0.25, 0.3) is 5.91 Å². The highest BCUT2D eigenvalue weighted by molar-refractivity contribution is 7.11. The third kappa shape index (κ3) is 4.35. The number of amides is 1. The molecule has 2 rings (SSSR count). The minimum atomic E-state index is -0.659. The summed E-state index contributed by atoms with van der Waals surface area (Å²) in [6, 6.07) is 4.88. The maximum absolute atomic E-state index is 12.1. The summed E-state index contributed by atoms with van der Waals surface area (Å²) in [4.78, 5) is 17.5. The standard InChI is InChI=1S/C15H16Cl2N2O2S/c1-8-14(22-10(3)19-8)7-18-15(20)9(2)21-13-5-4-11(16)6-12(13)17/h4-6,9H,7H2,1-3H3,(H,18,20). The van der Waals surface area contributed by atoms with Crippen molar-refractivity contribution in [2.45, 2.75) is 33.4 Å². The van der Waals surface area contributed by atoms with E-state index < -0.39 is 6.10 Å². The molecule has 118 valence electrons. The zero-order valence-electron chi connectivity index (χ0n) is 12.4. The number of aromatic nitrogens is 1. The van der Waals surface area contributed by atoms with Crippen molar-refractivity contribution in [3.05, 3.63) is 43.8 Å². The van der Waals surface area contributed by atoms with Gasteiger partial charge in [-0.2, -0.15) is 0 Å². The van der Waals surface area contributed by atoms with Gasteiger partial charge in [0.15, 0.2) is 6.10 Å². The fourth-order valence-corrected chi connectivity index (χ4v) is 3.19. The second-order valence-electron chi connectivity index (χ2n) is 4.79. The van der Waals surface area contributed by atoms with E-state index in [1.54, 1.807) is 36.5 Å². The first-order valence-electron chi connectivity index (χ1n) is 6.69. The van der Waals surface area contributed by atoms with E-state index in [4.69, 9.17) is 27.9 Å². The normalized spacial score (nSPS) is 12.0. The van der Waals surface area contributed by atoms with Crippen LogP contribution in [-0.4, -0.2) is 17.0 Å². The van der Waals surface area contributed by atoms with Crippen LogP contribution in [0.25, 0.3) is 0 Å². The maximum atomic E-state index is 12.1. The summed E-state index contributed by atoms with van der Waals surface area (Å²) in [5.74, 6) is 0.218. The Bertz CT molecular complexity index is 688. The van der Waals surface area contributed by atoms with Gasteiger partial charge in [-0.15, -0.1) is 11.3 Å². The largest absolute Gasteiger partial charge is 0.479 e. The summed E-state index contributed by atoms with van der Waals surface area (Å²) in [5, 5.41) is 4.72. The Hall–Kier alpha value is -1.30. The Morgan fingerprint density at radius 3 is 2.73 bits per heavy atom. The Kier molecular flexibility index (Phi) is 5.67. The van der Waals surface area contributed by atoms with Gasteiger partial charge >= 0.3 is 0 Å². The number of ether oxygens (including phenoxy) is 1. The van der Waals surface area contributed by atoms with E-state index >= 15 is 0 Å². The molecule has 7 heteroatoms. The van der Waals surface area contributed by atoms with Gasteiger partial charge in [-0.1, -0.05) is 23.2 Å². The Morgan fingerprint density at radius 1 is 1.41 bits per heavy atom. The molecular weight excluding hydrogens is 343 g/mol. The molecule has 0 fully saturated rings. The first kappa shape index (κ1) is 17.1. The number of hydrogen-bond acceptors (Lipinski definition) is 4. The molecule has 22 heavy (non-hydrogen) atoms. The highest BCUT2D eigenvalue weighted by Gasteiger charge is 2.17. The molecule has 1 heterocycles. The van der Waals surface area contributed by atoms with E-state index in [2.05, 4.69) is 10.3 Å². The van der Waals surface area contributed by atoms with Crippen LogP contribution in [0, 0.1) is 13.8 Å². The van der Waals surface area contributed by atoms with E-state index in [9.17, 15) is 4.79 Å². The predicted molar refractivity (Wildman–Crippen MR) is 90.0 cm³/mol. The zero-order chi connectivity index (χ0) is 16.3. The molecule has 1 atom stereocenters. The second kappa shape index (κ2) is 7.31. The summed E-state index contributed by atoms with van der Waals surface area (Å²) in [6.07, 6.45) is -0.659. The van der Waals surface area contributed by atoms with Gasteiger partial charge in [-0.25, -0.2) is 4.98 Å². The quantitative estimate of drug-likeness (QED) is 0.873. The molecule has 1 aromatic heterocycles. The Morgan fingerprint density at radius 2 is 2.14 bits per heavy atom. The van der Waals surface area contributed by atoms with E-state index in [1.807, 2.05) is 13.8 Å². The van der Waals surface area contributed by atoms with Crippen LogP contribution < -0.4 is 10.1 Å². The summed E-state index contributed by atoms with van der Waals surface area (Å²) < 4.78 is 5.57. The van der Waals surface area contributed by atoms with Crippen LogP contribution in [0.1, 0.15) is 22.5 Å². The molecule has 0 bridgehead atoms. The Balaban J connectivity index is 1.93. The molecule has 1 aromatic carbocycles. The Labute approximate surface area is 143 Å². The van der Waals surface area contributed by atoms with Crippen molar-refractivity contribution < 1.29 is 9.53 Å². The number of rotatable bonds is 5. The smallest absolute Gasteiger partial charge is 0.261 e. The number of aryl methyl sites for hydroxylation is 2. The number of carbonyl (C=O) groups is 1. The third-order valence-corrected chi connectivity index (χ3v) is 4.59. The number of benzene rings is 1. The highest BCUT2D eigenvalue weighted by atomic mass is 35.5. The van der Waals surface area contributed by atoms with Gasteiger partial charge in [0.1, 0.15) is 5.75 Å². The summed E-state index contributed by atoms with van der Waals surface area (Å²) in [5.41, 5.74) is 0.942. The highest BCUT2D eigenvalue weighted by Crippen LogP contribution is 2.28. The number of carbonyl (C=O) groups excluding carboxylic acids is 1. The number of thiazole rings is 1. The van der Waals surface area contributed by atoms with Gasteiger partial charge in [-0.05, 0) is 39.0 Å². The van der Waals surface area contributed by atoms with Gasteiger partial charge in [0.2, 0.25) is 0 Å². The van der Waals surface area contributed by atoms with Crippen molar-refractivity contribution >= 4 is 40.4 Å². The van der Waals surface area contributed by atoms with Crippen LogP contribution in [0.15, 0.2) is 18.2 Å². The molecule has 4 nitrogen and oxygen atoms in total. The van der Waals surface area contributed by atoms with Crippen LogP contribution in [0.3, 0.4) is 0 Å². The van der Waals surface area contributed by atoms with Crippen molar-refractivity contribution in [1.29, 1.82) is 0 Å². The van der Waals surface area contributed by atoms with Crippen molar-refractivity contribution in [1.82, 2.24) is 10.3 Å². The fraction of sp³-hybridized carbons (Fsp3) is 0.333. The fourth-order valence-electron chi connectivity index (χ4n) is 1.86. The molecule has 0 aliphatic rings. The lowest BCUT2D eigenvalue weighted by Gasteiger charge is -2.15. The third-order valence-electron chi connectivity index (χ3n) is 2.99. The van der Waals surface area contributed by atoms with E-state index in [0.29, 0.717) is 22.3 Å². The topological polar surface area (TPSA) is 51.2 Å². The van der Waals surface area contributed by atoms with Crippen molar-refractivity contribution in [3.63, 3.8) is 0 Å². The molecular formula is C15H16Cl2N2O2S. The molecule has 0 spiro atoms. The first-order chi connectivity index (χ1) is 10.4. The lowest BCUT2D eigenvalue weighted by Crippen LogP contribution is -2.35. The molecule has 2 aromatic rings. The molecule has 0 aliphatic heterocycles. The molecule has 1 unspecified atom stereocenters. The number of hydrogen-bond donors (Lipinski definition) is 1. The number of nitrogens with zero attached hydrogens (tertiary/aromatic N) is 1. The van der Waals surface area contributed by atoms with Gasteiger partial charge in [-0.3, -0.25) is 4.79 Å². The average molecular weight is 359 g/mol. The molecule has 0 aliphatic carbocycles. The van der Waals surface area contributed by atoms with E-state index in [1.165, 1.54) is 0 Å². The summed E-state index contributed by atoms with van der Waals surface area (Å²) in [6.45, 7) is 5.99. The monoisotopic (exact) mass is 358 g/mol. The zero-order valence-corrected chi connectivity index (χ0v) is 14.8. The summed E-state index contributed by atoms with van der Waals surface area (Å²) in [7, 11) is 0. The average Bonchev–Trinajstić information content (AvgIpc) is 2.77. The summed E-state index contributed by atoms with van der Waals surface area (Å²) >= 11 is 13.4. The van der Waals surface area contributed by atoms with Crippen molar-refractivity contribution in [3.8, 4) is 5.75 Å². The SMILES string of the molecule is Cc1nc(C)c(CNC(=O)C(C)Oc2ccc(Cl)cc2Cl)s1. The van der Waals surface area contributed by atoms with Crippen LogP contribution in [-0.2, 0) is 11.3 Å². The van der Waals surface area contributed by atoms with Crippen LogP contribution in [0.2, 0.25) is 10.0 Å². The van der Waals surface area contributed by atoms with Gasteiger partial charge < -0.3 is 10.1 Å². The van der Waals surface area contributed by atoms with Crippen molar-refractivity contribution in [2.24, 2.45) is 0 Å². The van der Waals surface area contributed by atoms with Crippen LogP contribution in [0.5, 0.6) is 5.75 Å². The second-order valence-corrected chi connectivity index (χ2v) is 6.93. The maximum Gasteiger partial charge on any atom is 0.261 e. The first-order valence-corrected chi connectivity index (χ1v) is 8.26. The minimum absolute atomic E-state index is 0.212. The molecule has 0 saturated heterocycles. The predicted octanol–water partition coefficient (Wildman–Crippen LogP) is 4.15. The number of halogens is 2. The van der Waals surface area contributed by atoms with Gasteiger partial charge in [0.05, 0.1) is 22.3 Å². The van der Waals surface area contributed by atoms with Crippen molar-refractivity contribution in [2.75, 3.05) is 0 Å². The van der Waals surface area contributed by atoms with E-state index in [-0.39, 0.29) is 5.91 Å². The molecule has 0 saturated carbocycles. The van der Waals surface area contributed by atoms with Crippen LogP contribution >= 0.6 is 34.5 Å². The lowest BCUT2D eigenvalue weighted by atomic mass is 10.3. The van der Waals surface area contributed by atoms with Crippen LogP contribution in [0.4, 0.5) is 0 Å². The molecule has 1 N–H and O–H groups in total. The molecule has 1 amide bonds.